The minimum absolute atomic E-state index is 0.0284. The molecule has 0 saturated heterocycles. The molecule has 28 heavy (non-hydrogen) atoms. The predicted octanol–water partition coefficient (Wildman–Crippen LogP) is 6.39. The number of para-hydroxylation sites is 1. The molecule has 0 radical (unpaired) electrons. The zero-order valence-electron chi connectivity index (χ0n) is 18.0. The summed E-state index contributed by atoms with van der Waals surface area (Å²) in [6.45, 7) is 6.23. The largest absolute Gasteiger partial charge is 0.447 e. The summed E-state index contributed by atoms with van der Waals surface area (Å²) >= 11 is 0. The summed E-state index contributed by atoms with van der Waals surface area (Å²) in [5.74, 6) is 0.517. The van der Waals surface area contributed by atoms with Gasteiger partial charge in [0.2, 0.25) is 0 Å². The van der Waals surface area contributed by atoms with Crippen LogP contribution in [0.4, 0.5) is 4.79 Å². The summed E-state index contributed by atoms with van der Waals surface area (Å²) in [5.41, 5.74) is 4.86. The van der Waals surface area contributed by atoms with E-state index in [9.17, 15) is 9.59 Å². The number of benzene rings is 1. The zero-order valence-corrected chi connectivity index (χ0v) is 18.0. The van der Waals surface area contributed by atoms with E-state index in [-0.39, 0.29) is 12.1 Å². The minimum Gasteiger partial charge on any atom is -0.447 e. The molecule has 1 rings (SSSR count). The molecule has 0 bridgehead atoms. The van der Waals surface area contributed by atoms with Gasteiger partial charge >= 0.3 is 12.1 Å². The molecular formula is C23H39NO4. The standard InChI is InChI=1S/C14H20O2.C9H19NO2/c1-2-3-4-5-9-12-14(15)16-13-10-7-6-8-11-13;1-3-4-5-6-7-8(2)12-9(10)11/h6-8,10-11H,2-5,9,12H2,1H3;8H,3-7H2,1-2H3,(H2,10,11). The van der Waals surface area contributed by atoms with E-state index >= 15 is 0 Å². The Hall–Kier alpha value is -2.04. The number of ether oxygens (including phenoxy) is 2. The first-order valence-electron chi connectivity index (χ1n) is 10.7. The van der Waals surface area contributed by atoms with Crippen molar-refractivity contribution >= 4 is 12.1 Å². The van der Waals surface area contributed by atoms with Gasteiger partial charge in [0.25, 0.3) is 0 Å². The van der Waals surface area contributed by atoms with Gasteiger partial charge in [0.05, 0.1) is 0 Å². The Bertz CT molecular complexity index is 505. The minimum atomic E-state index is -0.669. The van der Waals surface area contributed by atoms with Gasteiger partial charge in [-0.15, -0.1) is 0 Å². The van der Waals surface area contributed by atoms with Crippen molar-refractivity contribution in [1.29, 1.82) is 0 Å². The Morgan fingerprint density at radius 3 is 2.04 bits per heavy atom. The number of amides is 1. The van der Waals surface area contributed by atoms with Gasteiger partial charge in [0, 0.05) is 6.42 Å². The van der Waals surface area contributed by atoms with E-state index in [1.54, 1.807) is 12.1 Å². The van der Waals surface area contributed by atoms with Gasteiger partial charge in [-0.25, -0.2) is 4.79 Å². The average molecular weight is 394 g/mol. The summed E-state index contributed by atoms with van der Waals surface area (Å²) in [5, 5.41) is 0. The molecular weight excluding hydrogens is 354 g/mol. The Kier molecular flexibility index (Phi) is 17.0. The normalized spacial score (nSPS) is 11.1. The third-order valence-corrected chi connectivity index (χ3v) is 4.24. The molecule has 0 aliphatic rings. The fourth-order valence-corrected chi connectivity index (χ4v) is 2.66. The molecule has 1 unspecified atom stereocenters. The van der Waals surface area contributed by atoms with Crippen molar-refractivity contribution < 1.29 is 19.1 Å². The quantitative estimate of drug-likeness (QED) is 0.239. The number of rotatable bonds is 13. The first kappa shape index (κ1) is 26.0. The lowest BCUT2D eigenvalue weighted by atomic mass is 10.1. The molecule has 1 aromatic rings. The van der Waals surface area contributed by atoms with Crippen molar-refractivity contribution in [3.05, 3.63) is 30.3 Å². The van der Waals surface area contributed by atoms with Gasteiger partial charge in [-0.05, 0) is 38.3 Å². The lowest BCUT2D eigenvalue weighted by Gasteiger charge is -2.10. The van der Waals surface area contributed by atoms with Crippen LogP contribution in [0.5, 0.6) is 5.75 Å². The highest BCUT2D eigenvalue weighted by atomic mass is 16.6. The van der Waals surface area contributed by atoms with Crippen LogP contribution >= 0.6 is 0 Å². The van der Waals surface area contributed by atoms with E-state index in [2.05, 4.69) is 13.8 Å². The van der Waals surface area contributed by atoms with Gasteiger partial charge in [-0.1, -0.05) is 77.0 Å². The Morgan fingerprint density at radius 1 is 0.893 bits per heavy atom. The van der Waals surface area contributed by atoms with E-state index in [1.165, 1.54) is 38.5 Å². The Labute approximate surface area is 171 Å². The number of nitrogens with two attached hydrogens (primary N) is 1. The Morgan fingerprint density at radius 2 is 1.46 bits per heavy atom. The molecule has 0 saturated carbocycles. The van der Waals surface area contributed by atoms with Crippen molar-refractivity contribution in [2.75, 3.05) is 0 Å². The molecule has 1 aromatic carbocycles. The number of esters is 1. The average Bonchev–Trinajstić information content (AvgIpc) is 2.66. The third kappa shape index (κ3) is 17.4. The van der Waals surface area contributed by atoms with Crippen LogP contribution in [-0.4, -0.2) is 18.2 Å². The van der Waals surface area contributed by atoms with E-state index in [0.717, 1.165) is 25.7 Å². The summed E-state index contributed by atoms with van der Waals surface area (Å²) < 4.78 is 9.95. The Balaban J connectivity index is 0.000000546. The maximum absolute atomic E-state index is 11.4. The number of hydrogen-bond donors (Lipinski definition) is 1. The van der Waals surface area contributed by atoms with Crippen molar-refractivity contribution in [2.45, 2.75) is 97.5 Å². The smallest absolute Gasteiger partial charge is 0.404 e. The molecule has 2 N–H and O–H groups in total. The number of unbranched alkanes of at least 4 members (excludes halogenated alkanes) is 7. The second-order valence-corrected chi connectivity index (χ2v) is 7.05. The molecule has 0 heterocycles. The van der Waals surface area contributed by atoms with E-state index in [1.807, 2.05) is 25.1 Å². The van der Waals surface area contributed by atoms with Crippen molar-refractivity contribution in [2.24, 2.45) is 5.73 Å². The second kappa shape index (κ2) is 18.3. The third-order valence-electron chi connectivity index (χ3n) is 4.24. The molecule has 5 heteroatoms. The van der Waals surface area contributed by atoms with Gasteiger partial charge in [0.1, 0.15) is 11.9 Å². The summed E-state index contributed by atoms with van der Waals surface area (Å²) in [4.78, 5) is 21.7. The molecule has 5 nitrogen and oxygen atoms in total. The van der Waals surface area contributed by atoms with Crippen LogP contribution in [0.2, 0.25) is 0 Å². The molecule has 0 spiro atoms. The van der Waals surface area contributed by atoms with E-state index in [0.29, 0.717) is 12.2 Å². The molecule has 0 aromatic heterocycles. The van der Waals surface area contributed by atoms with E-state index < -0.39 is 6.09 Å². The van der Waals surface area contributed by atoms with Gasteiger partial charge < -0.3 is 15.2 Å². The van der Waals surface area contributed by atoms with Crippen molar-refractivity contribution in [3.8, 4) is 5.75 Å². The molecule has 1 atom stereocenters. The van der Waals surface area contributed by atoms with Crippen LogP contribution in [-0.2, 0) is 9.53 Å². The maximum Gasteiger partial charge on any atom is 0.404 e. The van der Waals surface area contributed by atoms with E-state index in [4.69, 9.17) is 15.2 Å². The van der Waals surface area contributed by atoms with Crippen LogP contribution in [0.15, 0.2) is 30.3 Å². The topological polar surface area (TPSA) is 78.6 Å². The molecule has 1 amide bonds. The summed E-state index contributed by atoms with van der Waals surface area (Å²) in [7, 11) is 0. The predicted molar refractivity (Wildman–Crippen MR) is 114 cm³/mol. The van der Waals surface area contributed by atoms with Crippen LogP contribution in [0.25, 0.3) is 0 Å². The monoisotopic (exact) mass is 393 g/mol. The second-order valence-electron chi connectivity index (χ2n) is 7.05. The van der Waals surface area contributed by atoms with Crippen molar-refractivity contribution in [3.63, 3.8) is 0 Å². The summed E-state index contributed by atoms with van der Waals surface area (Å²) in [6, 6.07) is 9.24. The zero-order chi connectivity index (χ0) is 21.0. The van der Waals surface area contributed by atoms with Crippen molar-refractivity contribution in [1.82, 2.24) is 0 Å². The van der Waals surface area contributed by atoms with Crippen LogP contribution in [0.1, 0.15) is 91.4 Å². The first-order valence-corrected chi connectivity index (χ1v) is 10.7. The lowest BCUT2D eigenvalue weighted by Crippen LogP contribution is -2.20. The molecule has 160 valence electrons. The lowest BCUT2D eigenvalue weighted by molar-refractivity contribution is -0.134. The fraction of sp³-hybridized carbons (Fsp3) is 0.652. The number of carbonyl (C=O) groups excluding carboxylic acids is 2. The molecule has 0 aliphatic carbocycles. The number of hydrogen-bond acceptors (Lipinski definition) is 4. The highest BCUT2D eigenvalue weighted by Gasteiger charge is 2.04. The van der Waals surface area contributed by atoms with Gasteiger partial charge in [0.15, 0.2) is 0 Å². The SMILES string of the molecule is CCCCCCC(C)OC(N)=O.CCCCCCCC(=O)Oc1ccccc1. The maximum atomic E-state index is 11.4. The van der Waals surface area contributed by atoms with Crippen LogP contribution in [0, 0.1) is 0 Å². The summed E-state index contributed by atoms with van der Waals surface area (Å²) in [6.07, 6.45) is 11.3. The van der Waals surface area contributed by atoms with Gasteiger partial charge in [-0.2, -0.15) is 0 Å². The van der Waals surface area contributed by atoms with Crippen LogP contribution < -0.4 is 10.5 Å². The highest BCUT2D eigenvalue weighted by molar-refractivity contribution is 5.72. The van der Waals surface area contributed by atoms with Gasteiger partial charge in [-0.3, -0.25) is 4.79 Å². The highest BCUT2D eigenvalue weighted by Crippen LogP contribution is 2.11. The molecule has 0 fully saturated rings. The van der Waals surface area contributed by atoms with Crippen LogP contribution in [0.3, 0.4) is 0 Å². The number of carbonyl (C=O) groups is 2. The molecule has 0 aliphatic heterocycles. The number of primary amides is 1. The fourth-order valence-electron chi connectivity index (χ4n) is 2.66. The first-order chi connectivity index (χ1) is 13.5.